The second-order valence-electron chi connectivity index (χ2n) is 4.98. The molecule has 0 bridgehead atoms. The molecule has 5 nitrogen and oxygen atoms in total. The fourth-order valence-electron chi connectivity index (χ4n) is 3.22. The summed E-state index contributed by atoms with van der Waals surface area (Å²) >= 11 is 0. The summed E-state index contributed by atoms with van der Waals surface area (Å²) in [6.07, 6.45) is 2.26. The quantitative estimate of drug-likeness (QED) is 0.552. The van der Waals surface area contributed by atoms with Gasteiger partial charge >= 0.3 is 0 Å². The molecule has 90 valence electrons. The third-order valence-corrected chi connectivity index (χ3v) is 4.17. The number of hydrogen-bond acceptors (Lipinski definition) is 4. The third kappa shape index (κ3) is 1.54. The van der Waals surface area contributed by atoms with Gasteiger partial charge in [-0.25, -0.2) is 0 Å². The molecule has 0 aromatic heterocycles. The minimum absolute atomic E-state index is 0.0550. The molecule has 3 heterocycles. The summed E-state index contributed by atoms with van der Waals surface area (Å²) in [5.41, 5.74) is 0.188. The van der Waals surface area contributed by atoms with Crippen molar-refractivity contribution >= 4 is 5.91 Å². The normalized spacial score (nSPS) is 34.5. The van der Waals surface area contributed by atoms with E-state index in [-0.39, 0.29) is 17.5 Å². The maximum Gasteiger partial charge on any atom is 0.239 e. The molecule has 1 unspecified atom stereocenters. The number of piperazine rings is 1. The Hall–Kier alpha value is -0.650. The number of piperidine rings is 1. The Bertz CT molecular complexity index is 289. The molecule has 0 radical (unpaired) electrons. The molecule has 3 saturated heterocycles. The standard InChI is InChI=1S/C11H19N3O2/c15-10-9-7-16-6-5-14(9)11(8-13-10)1-3-12-4-2-11/h9,12H,1-8H2,(H,13,15). The Balaban J connectivity index is 1.85. The molecule has 1 atom stereocenters. The molecule has 2 N–H and O–H groups in total. The lowest BCUT2D eigenvalue weighted by Gasteiger charge is -2.54. The van der Waals surface area contributed by atoms with Crippen LogP contribution >= 0.6 is 0 Å². The molecule has 0 aromatic rings. The van der Waals surface area contributed by atoms with Crippen LogP contribution in [0.3, 0.4) is 0 Å². The van der Waals surface area contributed by atoms with Crippen molar-refractivity contribution < 1.29 is 9.53 Å². The number of carbonyl (C=O) groups excluding carboxylic acids is 1. The second kappa shape index (κ2) is 3.98. The molecule has 1 amide bonds. The van der Waals surface area contributed by atoms with Crippen molar-refractivity contribution in [2.75, 3.05) is 39.4 Å². The van der Waals surface area contributed by atoms with Crippen LogP contribution in [-0.2, 0) is 9.53 Å². The molecule has 1 spiro atoms. The van der Waals surface area contributed by atoms with Crippen molar-refractivity contribution in [2.24, 2.45) is 0 Å². The van der Waals surface area contributed by atoms with Crippen LogP contribution in [0.25, 0.3) is 0 Å². The van der Waals surface area contributed by atoms with E-state index in [2.05, 4.69) is 15.5 Å². The minimum Gasteiger partial charge on any atom is -0.378 e. The Morgan fingerprint density at radius 3 is 3.00 bits per heavy atom. The number of hydrogen-bond donors (Lipinski definition) is 2. The number of fused-ring (bicyclic) bond motifs is 2. The zero-order valence-electron chi connectivity index (χ0n) is 9.50. The molecule has 16 heavy (non-hydrogen) atoms. The fourth-order valence-corrected chi connectivity index (χ4v) is 3.22. The van der Waals surface area contributed by atoms with Crippen LogP contribution in [0.15, 0.2) is 0 Å². The van der Waals surface area contributed by atoms with Gasteiger partial charge in [0.05, 0.1) is 13.2 Å². The van der Waals surface area contributed by atoms with E-state index >= 15 is 0 Å². The largest absolute Gasteiger partial charge is 0.378 e. The average molecular weight is 225 g/mol. The van der Waals surface area contributed by atoms with Gasteiger partial charge in [0.15, 0.2) is 0 Å². The smallest absolute Gasteiger partial charge is 0.239 e. The number of rotatable bonds is 0. The van der Waals surface area contributed by atoms with Gasteiger partial charge in [-0.05, 0) is 25.9 Å². The lowest BCUT2D eigenvalue weighted by molar-refractivity contribution is -0.150. The van der Waals surface area contributed by atoms with Gasteiger partial charge in [0.2, 0.25) is 5.91 Å². The molecular weight excluding hydrogens is 206 g/mol. The highest BCUT2D eigenvalue weighted by atomic mass is 16.5. The third-order valence-electron chi connectivity index (χ3n) is 4.17. The van der Waals surface area contributed by atoms with E-state index in [4.69, 9.17) is 4.74 Å². The van der Waals surface area contributed by atoms with Gasteiger partial charge < -0.3 is 15.4 Å². The molecule has 3 aliphatic heterocycles. The zero-order chi connectivity index (χ0) is 11.0. The predicted molar refractivity (Wildman–Crippen MR) is 59.2 cm³/mol. The first-order chi connectivity index (χ1) is 7.82. The minimum atomic E-state index is -0.0550. The molecule has 3 rings (SSSR count). The number of ether oxygens (including phenoxy) is 1. The maximum absolute atomic E-state index is 11.8. The van der Waals surface area contributed by atoms with E-state index in [0.29, 0.717) is 6.61 Å². The molecule has 0 saturated carbocycles. The number of nitrogens with zero attached hydrogens (tertiary/aromatic N) is 1. The summed E-state index contributed by atoms with van der Waals surface area (Å²) in [5.74, 6) is 0.142. The van der Waals surface area contributed by atoms with Crippen LogP contribution in [0.5, 0.6) is 0 Å². The molecule has 5 heteroatoms. The van der Waals surface area contributed by atoms with Crippen LogP contribution in [0.2, 0.25) is 0 Å². The van der Waals surface area contributed by atoms with Gasteiger partial charge in [0.25, 0.3) is 0 Å². The zero-order valence-corrected chi connectivity index (χ0v) is 9.50. The van der Waals surface area contributed by atoms with Gasteiger partial charge in [0, 0.05) is 18.6 Å². The summed E-state index contributed by atoms with van der Waals surface area (Å²) < 4.78 is 5.43. The van der Waals surface area contributed by atoms with Gasteiger partial charge in [-0.3, -0.25) is 9.69 Å². The molecule has 0 aliphatic carbocycles. The van der Waals surface area contributed by atoms with Crippen LogP contribution in [0.1, 0.15) is 12.8 Å². The van der Waals surface area contributed by atoms with E-state index in [1.807, 2.05) is 0 Å². The van der Waals surface area contributed by atoms with Crippen LogP contribution in [0.4, 0.5) is 0 Å². The van der Waals surface area contributed by atoms with Crippen LogP contribution in [0, 0.1) is 0 Å². The number of amides is 1. The predicted octanol–water partition coefficient (Wildman–Crippen LogP) is -1.06. The Morgan fingerprint density at radius 1 is 1.38 bits per heavy atom. The second-order valence-corrected chi connectivity index (χ2v) is 4.98. The highest BCUT2D eigenvalue weighted by molar-refractivity contribution is 5.83. The lowest BCUT2D eigenvalue weighted by Crippen LogP contribution is -2.72. The lowest BCUT2D eigenvalue weighted by atomic mass is 9.82. The SMILES string of the molecule is O=C1NCC2(CCNCC2)N2CCOCC12. The summed E-state index contributed by atoms with van der Waals surface area (Å²) in [7, 11) is 0. The average Bonchev–Trinajstić information content (AvgIpc) is 2.36. The molecule has 3 fully saturated rings. The topological polar surface area (TPSA) is 53.6 Å². The number of morpholine rings is 1. The van der Waals surface area contributed by atoms with E-state index in [1.165, 1.54) is 0 Å². The Labute approximate surface area is 95.5 Å². The fraction of sp³-hybridized carbons (Fsp3) is 0.909. The first-order valence-electron chi connectivity index (χ1n) is 6.15. The van der Waals surface area contributed by atoms with Crippen LogP contribution in [-0.4, -0.2) is 61.8 Å². The first-order valence-corrected chi connectivity index (χ1v) is 6.15. The van der Waals surface area contributed by atoms with Crippen molar-refractivity contribution in [2.45, 2.75) is 24.4 Å². The van der Waals surface area contributed by atoms with Crippen molar-refractivity contribution in [3.05, 3.63) is 0 Å². The van der Waals surface area contributed by atoms with Gasteiger partial charge in [-0.15, -0.1) is 0 Å². The highest BCUT2D eigenvalue weighted by Gasteiger charge is 2.48. The van der Waals surface area contributed by atoms with Gasteiger partial charge in [0.1, 0.15) is 6.04 Å². The first kappa shape index (κ1) is 10.5. The van der Waals surface area contributed by atoms with E-state index < -0.39 is 0 Å². The summed E-state index contributed by atoms with van der Waals surface area (Å²) in [4.78, 5) is 14.2. The van der Waals surface area contributed by atoms with Crippen LogP contribution < -0.4 is 10.6 Å². The van der Waals surface area contributed by atoms with Crippen molar-refractivity contribution in [1.29, 1.82) is 0 Å². The Morgan fingerprint density at radius 2 is 2.19 bits per heavy atom. The van der Waals surface area contributed by atoms with E-state index in [1.54, 1.807) is 0 Å². The number of carbonyl (C=O) groups is 1. The van der Waals surface area contributed by atoms with E-state index in [0.717, 1.165) is 45.6 Å². The molecular formula is C11H19N3O2. The highest BCUT2D eigenvalue weighted by Crippen LogP contribution is 2.31. The summed E-state index contributed by atoms with van der Waals surface area (Å²) in [6, 6.07) is -0.0550. The van der Waals surface area contributed by atoms with E-state index in [9.17, 15) is 4.79 Å². The maximum atomic E-state index is 11.8. The van der Waals surface area contributed by atoms with Gasteiger partial charge in [-0.2, -0.15) is 0 Å². The molecule has 3 aliphatic rings. The van der Waals surface area contributed by atoms with Crippen molar-refractivity contribution in [3.8, 4) is 0 Å². The Kier molecular flexibility index (Phi) is 2.61. The van der Waals surface area contributed by atoms with Crippen molar-refractivity contribution in [3.63, 3.8) is 0 Å². The summed E-state index contributed by atoms with van der Waals surface area (Å²) in [5, 5.41) is 6.45. The van der Waals surface area contributed by atoms with Crippen molar-refractivity contribution in [1.82, 2.24) is 15.5 Å². The molecule has 0 aromatic carbocycles. The van der Waals surface area contributed by atoms with Gasteiger partial charge in [-0.1, -0.05) is 0 Å². The summed E-state index contributed by atoms with van der Waals surface area (Å²) in [6.45, 7) is 5.14. The number of nitrogens with one attached hydrogen (secondary N) is 2. The monoisotopic (exact) mass is 225 g/mol.